The van der Waals surface area contributed by atoms with Gasteiger partial charge >= 0.3 is 6.01 Å². The first-order valence-electron chi connectivity index (χ1n) is 9.33. The fraction of sp³-hybridized carbons (Fsp3) is 0.238. The first-order chi connectivity index (χ1) is 14.0. The summed E-state index contributed by atoms with van der Waals surface area (Å²) in [6.07, 6.45) is 1.09. The highest BCUT2D eigenvalue weighted by Crippen LogP contribution is 2.31. The van der Waals surface area contributed by atoms with Gasteiger partial charge in [0.15, 0.2) is 0 Å². The van der Waals surface area contributed by atoms with Gasteiger partial charge in [0.1, 0.15) is 5.82 Å². The van der Waals surface area contributed by atoms with Gasteiger partial charge < -0.3 is 9.32 Å². The van der Waals surface area contributed by atoms with Crippen LogP contribution in [-0.4, -0.2) is 28.6 Å². The number of benzene rings is 2. The summed E-state index contributed by atoms with van der Waals surface area (Å²) >= 11 is 0. The molecule has 0 bridgehead atoms. The second-order valence-electron chi connectivity index (χ2n) is 6.83. The number of halogens is 1. The Morgan fingerprint density at radius 2 is 1.90 bits per heavy atom. The number of hydrogen-bond donors (Lipinski definition) is 1. The summed E-state index contributed by atoms with van der Waals surface area (Å²) < 4.78 is 18.7. The van der Waals surface area contributed by atoms with Gasteiger partial charge in [0, 0.05) is 24.2 Å². The summed E-state index contributed by atoms with van der Waals surface area (Å²) in [7, 11) is 0. The topological polar surface area (TPSA) is 88.3 Å². The normalized spacial score (nSPS) is 16.3. The lowest BCUT2D eigenvalue weighted by Crippen LogP contribution is -2.24. The lowest BCUT2D eigenvalue weighted by molar-refractivity contribution is -0.117. The van der Waals surface area contributed by atoms with E-state index >= 15 is 0 Å². The maximum atomic E-state index is 13.1. The quantitative estimate of drug-likeness (QED) is 0.715. The SMILES string of the molecule is CCc1ccc(C(=O)Nc2nnc([C@@H]3CC(=O)N(c4ccc(F)cc4)C3)o2)cc1. The average Bonchev–Trinajstić information content (AvgIpc) is 3.35. The van der Waals surface area contributed by atoms with E-state index in [1.807, 2.05) is 19.1 Å². The summed E-state index contributed by atoms with van der Waals surface area (Å²) in [5, 5.41) is 10.4. The Morgan fingerprint density at radius 1 is 1.17 bits per heavy atom. The number of carbonyl (C=O) groups is 2. The molecule has 1 fully saturated rings. The van der Waals surface area contributed by atoms with Crippen LogP contribution < -0.4 is 10.2 Å². The standard InChI is InChI=1S/C21H19FN4O3/c1-2-13-3-5-14(6-4-13)19(28)23-21-25-24-20(29-21)15-11-18(27)26(12-15)17-9-7-16(22)8-10-17/h3-10,15H,2,11-12H2,1H3,(H,23,25,28)/t15-/m1/s1. The minimum absolute atomic E-state index is 0.0164. The Bertz CT molecular complexity index is 1030. The van der Waals surface area contributed by atoms with Crippen molar-refractivity contribution < 1.29 is 18.4 Å². The summed E-state index contributed by atoms with van der Waals surface area (Å²) in [6.45, 7) is 2.39. The minimum Gasteiger partial charge on any atom is -0.407 e. The number of anilines is 2. The molecule has 1 aliphatic rings. The van der Waals surface area contributed by atoms with E-state index in [1.165, 1.54) is 12.1 Å². The van der Waals surface area contributed by atoms with Crippen molar-refractivity contribution in [2.75, 3.05) is 16.8 Å². The molecule has 1 saturated heterocycles. The summed E-state index contributed by atoms with van der Waals surface area (Å²) in [5.74, 6) is -0.840. The van der Waals surface area contributed by atoms with Crippen LogP contribution in [0.25, 0.3) is 0 Å². The molecule has 2 aromatic carbocycles. The van der Waals surface area contributed by atoms with Gasteiger partial charge in [0.2, 0.25) is 11.8 Å². The number of nitrogens with one attached hydrogen (secondary N) is 1. The van der Waals surface area contributed by atoms with Crippen molar-refractivity contribution in [3.05, 3.63) is 71.4 Å². The number of hydrogen-bond acceptors (Lipinski definition) is 5. The van der Waals surface area contributed by atoms with E-state index in [-0.39, 0.29) is 41.9 Å². The average molecular weight is 394 g/mol. The lowest BCUT2D eigenvalue weighted by atomic mass is 10.1. The van der Waals surface area contributed by atoms with Gasteiger partial charge in [-0.2, -0.15) is 0 Å². The molecule has 1 atom stereocenters. The molecule has 29 heavy (non-hydrogen) atoms. The summed E-state index contributed by atoms with van der Waals surface area (Å²) in [5.41, 5.74) is 2.24. The minimum atomic E-state index is -0.362. The van der Waals surface area contributed by atoms with Crippen LogP contribution in [0.1, 0.15) is 41.1 Å². The van der Waals surface area contributed by atoms with Gasteiger partial charge in [-0.25, -0.2) is 4.39 Å². The summed E-state index contributed by atoms with van der Waals surface area (Å²) in [6, 6.07) is 13.0. The van der Waals surface area contributed by atoms with Crippen LogP contribution in [-0.2, 0) is 11.2 Å². The Hall–Kier alpha value is -3.55. The Labute approximate surface area is 166 Å². The Kier molecular flexibility index (Phi) is 5.07. The maximum absolute atomic E-state index is 13.1. The molecule has 1 N–H and O–H groups in total. The largest absolute Gasteiger partial charge is 0.407 e. The van der Waals surface area contributed by atoms with Gasteiger partial charge in [0.25, 0.3) is 5.91 Å². The molecule has 0 aliphatic carbocycles. The molecule has 148 valence electrons. The number of rotatable bonds is 5. The molecular weight excluding hydrogens is 375 g/mol. The molecule has 2 heterocycles. The second-order valence-corrected chi connectivity index (χ2v) is 6.83. The van der Waals surface area contributed by atoms with E-state index in [1.54, 1.807) is 29.2 Å². The van der Waals surface area contributed by atoms with Crippen LogP contribution >= 0.6 is 0 Å². The lowest BCUT2D eigenvalue weighted by Gasteiger charge is -2.15. The van der Waals surface area contributed by atoms with Gasteiger partial charge in [-0.1, -0.05) is 24.2 Å². The van der Waals surface area contributed by atoms with Crippen LogP contribution in [0.15, 0.2) is 52.9 Å². The van der Waals surface area contributed by atoms with E-state index in [9.17, 15) is 14.0 Å². The van der Waals surface area contributed by atoms with Crippen molar-refractivity contribution in [2.45, 2.75) is 25.7 Å². The van der Waals surface area contributed by atoms with Crippen LogP contribution in [0.2, 0.25) is 0 Å². The summed E-state index contributed by atoms with van der Waals surface area (Å²) in [4.78, 5) is 26.2. The number of aryl methyl sites for hydroxylation is 1. The van der Waals surface area contributed by atoms with Gasteiger partial charge in [-0.15, -0.1) is 5.10 Å². The number of carbonyl (C=O) groups excluding carboxylic acids is 2. The van der Waals surface area contributed by atoms with Crippen molar-refractivity contribution in [2.24, 2.45) is 0 Å². The van der Waals surface area contributed by atoms with Crippen molar-refractivity contribution >= 4 is 23.5 Å². The van der Waals surface area contributed by atoms with Crippen LogP contribution in [0.5, 0.6) is 0 Å². The first kappa shape index (κ1) is 18.8. The molecule has 8 heteroatoms. The predicted octanol–water partition coefficient (Wildman–Crippen LogP) is 3.54. The van der Waals surface area contributed by atoms with Gasteiger partial charge in [-0.05, 0) is 48.4 Å². The Balaban J connectivity index is 1.42. The van der Waals surface area contributed by atoms with Gasteiger partial charge in [-0.3, -0.25) is 14.9 Å². The number of aromatic nitrogens is 2. The van der Waals surface area contributed by atoms with Crippen LogP contribution in [0.3, 0.4) is 0 Å². The zero-order chi connectivity index (χ0) is 20.4. The Morgan fingerprint density at radius 3 is 2.59 bits per heavy atom. The first-order valence-corrected chi connectivity index (χ1v) is 9.33. The molecule has 3 aromatic rings. The van der Waals surface area contributed by atoms with Crippen molar-refractivity contribution in [3.8, 4) is 0 Å². The fourth-order valence-electron chi connectivity index (χ4n) is 3.25. The molecule has 0 spiro atoms. The third-order valence-corrected chi connectivity index (χ3v) is 4.90. The van der Waals surface area contributed by atoms with Gasteiger partial charge in [0.05, 0.1) is 5.92 Å². The number of amides is 2. The monoisotopic (exact) mass is 394 g/mol. The molecule has 0 saturated carbocycles. The van der Waals surface area contributed by atoms with E-state index < -0.39 is 0 Å². The predicted molar refractivity (Wildman–Crippen MR) is 104 cm³/mol. The molecule has 1 aromatic heterocycles. The highest BCUT2D eigenvalue weighted by Gasteiger charge is 2.35. The van der Waals surface area contributed by atoms with Crippen molar-refractivity contribution in [3.63, 3.8) is 0 Å². The molecule has 4 rings (SSSR count). The zero-order valence-corrected chi connectivity index (χ0v) is 15.8. The van der Waals surface area contributed by atoms with Crippen molar-refractivity contribution in [1.29, 1.82) is 0 Å². The third-order valence-electron chi connectivity index (χ3n) is 4.90. The maximum Gasteiger partial charge on any atom is 0.322 e. The van der Waals surface area contributed by atoms with E-state index in [0.717, 1.165) is 12.0 Å². The third kappa shape index (κ3) is 4.01. The molecular formula is C21H19FN4O3. The van der Waals surface area contributed by atoms with Crippen LogP contribution in [0.4, 0.5) is 16.1 Å². The van der Waals surface area contributed by atoms with Crippen molar-refractivity contribution in [1.82, 2.24) is 10.2 Å². The molecule has 0 unspecified atom stereocenters. The second kappa shape index (κ2) is 7.83. The fourth-order valence-corrected chi connectivity index (χ4v) is 3.25. The molecule has 1 aliphatic heterocycles. The van der Waals surface area contributed by atoms with E-state index in [4.69, 9.17) is 4.42 Å². The molecule has 2 amide bonds. The smallest absolute Gasteiger partial charge is 0.322 e. The highest BCUT2D eigenvalue weighted by molar-refractivity contribution is 6.03. The highest BCUT2D eigenvalue weighted by atomic mass is 19.1. The molecule has 7 nitrogen and oxygen atoms in total. The van der Waals surface area contributed by atoms with Crippen LogP contribution in [0, 0.1) is 5.82 Å². The zero-order valence-electron chi connectivity index (χ0n) is 15.8. The number of nitrogens with zero attached hydrogens (tertiary/aromatic N) is 3. The van der Waals surface area contributed by atoms with E-state index in [0.29, 0.717) is 17.8 Å². The van der Waals surface area contributed by atoms with E-state index in [2.05, 4.69) is 15.5 Å². The molecule has 0 radical (unpaired) electrons.